The highest BCUT2D eigenvalue weighted by atomic mass is 32.2. The zero-order valence-electron chi connectivity index (χ0n) is 11.6. The third-order valence-corrected chi connectivity index (χ3v) is 4.89. The van der Waals surface area contributed by atoms with Crippen LogP contribution in [-0.4, -0.2) is 28.9 Å². The Morgan fingerprint density at radius 3 is 2.85 bits per heavy atom. The van der Waals surface area contributed by atoms with Crippen molar-refractivity contribution in [3.63, 3.8) is 0 Å². The second-order valence-electron chi connectivity index (χ2n) is 5.54. The number of amides is 1. The Kier molecular flexibility index (Phi) is 4.36. The van der Waals surface area contributed by atoms with E-state index in [0.717, 1.165) is 4.90 Å². The summed E-state index contributed by atoms with van der Waals surface area (Å²) in [5.74, 6) is 0.175. The quantitative estimate of drug-likeness (QED) is 0.834. The predicted molar refractivity (Wildman–Crippen MR) is 78.4 cm³/mol. The average Bonchev–Trinajstić information content (AvgIpc) is 2.45. The van der Waals surface area contributed by atoms with Crippen LogP contribution in [0.2, 0.25) is 0 Å². The van der Waals surface area contributed by atoms with Crippen LogP contribution in [0.25, 0.3) is 0 Å². The molecule has 4 nitrogen and oxygen atoms in total. The molecular formula is C15H18N2O2S. The van der Waals surface area contributed by atoms with E-state index in [4.69, 9.17) is 5.26 Å². The van der Waals surface area contributed by atoms with Crippen molar-refractivity contribution >= 4 is 17.7 Å². The second-order valence-corrected chi connectivity index (χ2v) is 6.56. The Balaban J connectivity index is 2.09. The average molecular weight is 290 g/mol. The van der Waals surface area contributed by atoms with Gasteiger partial charge in [-0.3, -0.25) is 4.79 Å². The maximum absolute atomic E-state index is 12.3. The molecule has 20 heavy (non-hydrogen) atoms. The van der Waals surface area contributed by atoms with Gasteiger partial charge in [-0.25, -0.2) is 0 Å². The zero-order chi connectivity index (χ0) is 14.8. The number of benzene rings is 1. The van der Waals surface area contributed by atoms with Crippen molar-refractivity contribution in [2.75, 3.05) is 5.75 Å². The standard InChI is InChI=1S/C15H18N2O2S/c1-15(2)12(9-13(15)18)17-14(19)10-5-3-4-6-11(10)20-8-7-16/h3-6,12-13,18H,8-9H2,1-2H3,(H,17,19). The molecule has 106 valence electrons. The molecule has 2 atom stereocenters. The molecule has 0 bridgehead atoms. The number of aliphatic hydroxyl groups is 1. The first-order chi connectivity index (χ1) is 9.46. The van der Waals surface area contributed by atoms with Gasteiger partial charge < -0.3 is 10.4 Å². The summed E-state index contributed by atoms with van der Waals surface area (Å²) in [6, 6.07) is 9.32. The lowest BCUT2D eigenvalue weighted by atomic mass is 9.64. The maximum atomic E-state index is 12.3. The number of carbonyl (C=O) groups is 1. The molecule has 2 unspecified atom stereocenters. The first kappa shape index (κ1) is 14.9. The molecule has 2 rings (SSSR count). The number of carbonyl (C=O) groups excluding carboxylic acids is 1. The first-order valence-corrected chi connectivity index (χ1v) is 7.53. The Bertz CT molecular complexity index is 551. The minimum absolute atomic E-state index is 0.0148. The van der Waals surface area contributed by atoms with Crippen molar-refractivity contribution in [3.8, 4) is 6.07 Å². The van der Waals surface area contributed by atoms with E-state index in [-0.39, 0.29) is 23.5 Å². The monoisotopic (exact) mass is 290 g/mol. The van der Waals surface area contributed by atoms with Crippen molar-refractivity contribution < 1.29 is 9.90 Å². The summed E-state index contributed by atoms with van der Waals surface area (Å²) in [5.41, 5.74) is 0.301. The number of nitriles is 1. The number of aliphatic hydroxyl groups excluding tert-OH is 1. The van der Waals surface area contributed by atoms with Crippen LogP contribution in [0.1, 0.15) is 30.6 Å². The molecule has 5 heteroatoms. The molecule has 0 radical (unpaired) electrons. The Morgan fingerprint density at radius 1 is 1.55 bits per heavy atom. The molecule has 1 aromatic rings. The number of rotatable bonds is 4. The minimum atomic E-state index is -0.365. The Labute approximate surface area is 123 Å². The SMILES string of the molecule is CC1(C)C(O)CC1NC(=O)c1ccccc1SCC#N. The molecule has 0 aliphatic heterocycles. The summed E-state index contributed by atoms with van der Waals surface area (Å²) in [6.07, 6.45) is 0.225. The van der Waals surface area contributed by atoms with Gasteiger partial charge in [-0.15, -0.1) is 11.8 Å². The van der Waals surface area contributed by atoms with Crippen molar-refractivity contribution in [1.82, 2.24) is 5.32 Å². The van der Waals surface area contributed by atoms with Gasteiger partial charge in [0.05, 0.1) is 23.5 Å². The summed E-state index contributed by atoms with van der Waals surface area (Å²) < 4.78 is 0. The third kappa shape index (κ3) is 2.82. The van der Waals surface area contributed by atoms with Gasteiger partial charge >= 0.3 is 0 Å². The lowest BCUT2D eigenvalue weighted by molar-refractivity contribution is -0.0689. The van der Waals surface area contributed by atoms with Gasteiger partial charge in [0.2, 0.25) is 0 Å². The molecule has 1 saturated carbocycles. The highest BCUT2D eigenvalue weighted by Gasteiger charge is 2.48. The first-order valence-electron chi connectivity index (χ1n) is 6.54. The van der Waals surface area contributed by atoms with E-state index in [0.29, 0.717) is 17.7 Å². The van der Waals surface area contributed by atoms with Gasteiger partial charge in [0.15, 0.2) is 0 Å². The number of hydrogen-bond acceptors (Lipinski definition) is 4. The molecule has 1 amide bonds. The zero-order valence-corrected chi connectivity index (χ0v) is 12.4. The maximum Gasteiger partial charge on any atom is 0.252 e. The molecule has 1 fully saturated rings. The number of nitrogens with zero attached hydrogens (tertiary/aromatic N) is 1. The summed E-state index contributed by atoms with van der Waals surface area (Å²) in [4.78, 5) is 13.1. The normalized spacial score (nSPS) is 23.5. The fourth-order valence-corrected chi connectivity index (χ4v) is 2.98. The van der Waals surface area contributed by atoms with Gasteiger partial charge in [-0.2, -0.15) is 5.26 Å². The highest BCUT2D eigenvalue weighted by molar-refractivity contribution is 7.99. The van der Waals surface area contributed by atoms with Crippen molar-refractivity contribution in [2.45, 2.75) is 37.3 Å². The fourth-order valence-electron chi connectivity index (χ4n) is 2.27. The van der Waals surface area contributed by atoms with Gasteiger partial charge in [0.25, 0.3) is 5.91 Å². The van der Waals surface area contributed by atoms with E-state index in [1.54, 1.807) is 6.07 Å². The molecule has 0 heterocycles. The number of thioether (sulfide) groups is 1. The van der Waals surface area contributed by atoms with E-state index in [1.807, 2.05) is 32.0 Å². The number of nitrogens with one attached hydrogen (secondary N) is 1. The molecule has 1 aliphatic rings. The lowest BCUT2D eigenvalue weighted by Crippen LogP contribution is -2.61. The molecular weight excluding hydrogens is 272 g/mol. The topological polar surface area (TPSA) is 73.1 Å². The smallest absolute Gasteiger partial charge is 0.252 e. The summed E-state index contributed by atoms with van der Waals surface area (Å²) >= 11 is 1.36. The minimum Gasteiger partial charge on any atom is -0.392 e. The summed E-state index contributed by atoms with van der Waals surface area (Å²) in [6.45, 7) is 3.89. The molecule has 0 aromatic heterocycles. The fraction of sp³-hybridized carbons (Fsp3) is 0.467. The van der Waals surface area contributed by atoms with Gasteiger partial charge in [-0.1, -0.05) is 26.0 Å². The van der Waals surface area contributed by atoms with Gasteiger partial charge in [0, 0.05) is 16.4 Å². The van der Waals surface area contributed by atoms with Crippen molar-refractivity contribution in [1.29, 1.82) is 5.26 Å². The van der Waals surface area contributed by atoms with Crippen LogP contribution in [-0.2, 0) is 0 Å². The molecule has 0 saturated heterocycles. The van der Waals surface area contributed by atoms with Gasteiger partial charge in [0.1, 0.15) is 0 Å². The Morgan fingerprint density at radius 2 is 2.25 bits per heavy atom. The summed E-state index contributed by atoms with van der Waals surface area (Å²) in [5, 5.41) is 21.3. The van der Waals surface area contributed by atoms with Crippen molar-refractivity contribution in [2.24, 2.45) is 5.41 Å². The van der Waals surface area contributed by atoms with Crippen LogP contribution in [0.15, 0.2) is 29.2 Å². The van der Waals surface area contributed by atoms with Crippen LogP contribution in [0, 0.1) is 16.7 Å². The van der Waals surface area contributed by atoms with E-state index in [1.165, 1.54) is 11.8 Å². The van der Waals surface area contributed by atoms with Crippen LogP contribution in [0.4, 0.5) is 0 Å². The second kappa shape index (κ2) is 5.86. The molecule has 1 aliphatic carbocycles. The van der Waals surface area contributed by atoms with E-state index in [2.05, 4.69) is 11.4 Å². The van der Waals surface area contributed by atoms with Crippen LogP contribution in [0.3, 0.4) is 0 Å². The van der Waals surface area contributed by atoms with E-state index < -0.39 is 0 Å². The van der Waals surface area contributed by atoms with Crippen LogP contribution >= 0.6 is 11.8 Å². The predicted octanol–water partition coefficient (Wildman–Crippen LogP) is 2.19. The summed E-state index contributed by atoms with van der Waals surface area (Å²) in [7, 11) is 0. The van der Waals surface area contributed by atoms with Crippen LogP contribution < -0.4 is 5.32 Å². The lowest BCUT2D eigenvalue weighted by Gasteiger charge is -2.49. The van der Waals surface area contributed by atoms with E-state index >= 15 is 0 Å². The molecule has 1 aromatic carbocycles. The molecule has 0 spiro atoms. The van der Waals surface area contributed by atoms with Crippen molar-refractivity contribution in [3.05, 3.63) is 29.8 Å². The molecule has 2 N–H and O–H groups in total. The largest absolute Gasteiger partial charge is 0.392 e. The van der Waals surface area contributed by atoms with E-state index in [9.17, 15) is 9.90 Å². The van der Waals surface area contributed by atoms with Crippen LogP contribution in [0.5, 0.6) is 0 Å². The highest BCUT2D eigenvalue weighted by Crippen LogP contribution is 2.40. The number of hydrogen-bond donors (Lipinski definition) is 2. The third-order valence-electron chi connectivity index (χ3n) is 3.95. The Hall–Kier alpha value is -1.51. The van der Waals surface area contributed by atoms with Gasteiger partial charge in [-0.05, 0) is 18.6 Å².